The summed E-state index contributed by atoms with van der Waals surface area (Å²) in [5.41, 5.74) is 0.144. The van der Waals surface area contributed by atoms with Crippen molar-refractivity contribution in [1.82, 2.24) is 10.2 Å². The first-order chi connectivity index (χ1) is 15.2. The van der Waals surface area contributed by atoms with Crippen LogP contribution in [0.25, 0.3) is 0 Å². The fourth-order valence-electron chi connectivity index (χ4n) is 5.08. The van der Waals surface area contributed by atoms with Crippen molar-refractivity contribution in [2.75, 3.05) is 13.2 Å². The second-order valence-corrected chi connectivity index (χ2v) is 9.81. The molecule has 6 nitrogen and oxygen atoms in total. The summed E-state index contributed by atoms with van der Waals surface area (Å²) in [6.45, 7) is -0.00310. The van der Waals surface area contributed by atoms with Gasteiger partial charge in [-0.25, -0.2) is 9.18 Å². The van der Waals surface area contributed by atoms with Gasteiger partial charge in [0.25, 0.3) is 5.91 Å². The summed E-state index contributed by atoms with van der Waals surface area (Å²) in [5.74, 6) is -0.695. The topological polar surface area (TPSA) is 67.9 Å². The Morgan fingerprint density at radius 1 is 1.12 bits per heavy atom. The number of hydrogen-bond acceptors (Lipinski definition) is 4. The maximum absolute atomic E-state index is 13.5. The van der Waals surface area contributed by atoms with Gasteiger partial charge in [-0.05, 0) is 49.1 Å². The average Bonchev–Trinajstić information content (AvgIpc) is 3.08. The van der Waals surface area contributed by atoms with Crippen LogP contribution in [-0.4, -0.2) is 41.2 Å². The maximum atomic E-state index is 13.5. The molecule has 2 amide bonds. The van der Waals surface area contributed by atoms with Crippen molar-refractivity contribution in [3.63, 3.8) is 0 Å². The lowest BCUT2D eigenvalue weighted by molar-refractivity contribution is -0.174. The van der Waals surface area contributed by atoms with Crippen molar-refractivity contribution in [3.05, 3.63) is 62.8 Å². The van der Waals surface area contributed by atoms with E-state index in [1.54, 1.807) is 17.0 Å². The minimum absolute atomic E-state index is 0.0134. The van der Waals surface area contributed by atoms with Crippen LogP contribution >= 0.6 is 34.8 Å². The highest BCUT2D eigenvalue weighted by Crippen LogP contribution is 2.65. The van der Waals surface area contributed by atoms with Gasteiger partial charge in [0, 0.05) is 11.6 Å². The third-order valence-electron chi connectivity index (χ3n) is 6.38. The molecule has 10 heteroatoms. The molecule has 1 atom stereocenters. The van der Waals surface area contributed by atoms with Crippen molar-refractivity contribution < 1.29 is 23.5 Å². The molecular weight excluding hydrogens is 482 g/mol. The molecule has 3 aliphatic carbocycles. The Morgan fingerprint density at radius 2 is 1.84 bits per heavy atom. The van der Waals surface area contributed by atoms with E-state index in [2.05, 4.69) is 5.32 Å². The largest absolute Gasteiger partial charge is 0.484 e. The number of carbonyl (C=O) groups is 2. The Labute approximate surface area is 198 Å². The Hall–Kier alpha value is -2.22. The quantitative estimate of drug-likeness (QED) is 0.597. The van der Waals surface area contributed by atoms with Crippen molar-refractivity contribution in [3.8, 4) is 5.75 Å². The van der Waals surface area contributed by atoms with Crippen LogP contribution in [0.15, 0.2) is 36.4 Å². The van der Waals surface area contributed by atoms with E-state index in [1.165, 1.54) is 12.1 Å². The third-order valence-corrected chi connectivity index (χ3v) is 7.43. The van der Waals surface area contributed by atoms with Gasteiger partial charge in [-0.3, -0.25) is 9.69 Å². The molecule has 1 saturated heterocycles. The first-order valence-corrected chi connectivity index (χ1v) is 11.1. The zero-order chi connectivity index (χ0) is 22.7. The fraction of sp³-hybridized carbons (Fsp3) is 0.364. The molecule has 0 radical (unpaired) electrons. The van der Waals surface area contributed by atoms with E-state index in [1.807, 2.05) is 6.07 Å². The summed E-state index contributed by atoms with van der Waals surface area (Å²) < 4.78 is 24.2. The molecular formula is C22H18Cl3FN2O4. The molecule has 4 fully saturated rings. The van der Waals surface area contributed by atoms with E-state index in [-0.39, 0.29) is 53.1 Å². The number of ether oxygens (including phenoxy) is 2. The number of halogens is 4. The monoisotopic (exact) mass is 498 g/mol. The van der Waals surface area contributed by atoms with E-state index in [0.717, 1.165) is 11.6 Å². The van der Waals surface area contributed by atoms with Gasteiger partial charge in [0.05, 0.1) is 26.6 Å². The Kier molecular flexibility index (Phi) is 5.19. The van der Waals surface area contributed by atoms with Gasteiger partial charge in [0.1, 0.15) is 18.2 Å². The van der Waals surface area contributed by atoms with Crippen molar-refractivity contribution in [2.45, 2.75) is 36.4 Å². The first kappa shape index (κ1) is 21.6. The molecule has 1 heterocycles. The van der Waals surface area contributed by atoms with Gasteiger partial charge in [0.15, 0.2) is 6.61 Å². The smallest absolute Gasteiger partial charge is 0.410 e. The van der Waals surface area contributed by atoms with Crippen LogP contribution in [-0.2, 0) is 9.53 Å². The lowest BCUT2D eigenvalue weighted by Crippen LogP contribution is -2.84. The highest BCUT2D eigenvalue weighted by atomic mass is 35.5. The predicted molar refractivity (Wildman–Crippen MR) is 117 cm³/mol. The summed E-state index contributed by atoms with van der Waals surface area (Å²) in [4.78, 5) is 26.6. The average molecular weight is 500 g/mol. The highest BCUT2D eigenvalue weighted by Gasteiger charge is 2.73. The van der Waals surface area contributed by atoms with Gasteiger partial charge >= 0.3 is 6.09 Å². The van der Waals surface area contributed by atoms with Crippen LogP contribution in [0.2, 0.25) is 15.1 Å². The van der Waals surface area contributed by atoms with Gasteiger partial charge < -0.3 is 14.8 Å². The second kappa shape index (κ2) is 7.68. The number of nitrogens with one attached hydrogen (secondary N) is 1. The maximum Gasteiger partial charge on any atom is 0.410 e. The molecule has 32 heavy (non-hydrogen) atoms. The van der Waals surface area contributed by atoms with Crippen molar-refractivity contribution in [1.29, 1.82) is 0 Å². The normalized spacial score (nSPS) is 27.9. The Morgan fingerprint density at radius 3 is 2.53 bits per heavy atom. The number of benzene rings is 2. The van der Waals surface area contributed by atoms with Gasteiger partial charge in [-0.2, -0.15) is 0 Å². The lowest BCUT2D eigenvalue weighted by atomic mass is 9.43. The number of hydrogen-bond donors (Lipinski definition) is 1. The third kappa shape index (κ3) is 3.56. The lowest BCUT2D eigenvalue weighted by Gasteiger charge is -2.73. The molecule has 0 spiro atoms. The van der Waals surface area contributed by atoms with Gasteiger partial charge in [0.2, 0.25) is 0 Å². The summed E-state index contributed by atoms with van der Waals surface area (Å²) in [5, 5.41) is 3.84. The molecule has 0 aromatic heterocycles. The number of cyclic esters (lactones) is 1. The summed E-state index contributed by atoms with van der Waals surface area (Å²) >= 11 is 17.8. The van der Waals surface area contributed by atoms with E-state index in [9.17, 15) is 14.0 Å². The van der Waals surface area contributed by atoms with E-state index in [4.69, 9.17) is 44.3 Å². The van der Waals surface area contributed by atoms with Crippen LogP contribution in [0.1, 0.15) is 30.9 Å². The molecule has 6 rings (SSSR count). The number of amides is 2. The summed E-state index contributed by atoms with van der Waals surface area (Å²) in [7, 11) is 0. The minimum Gasteiger partial charge on any atom is -0.484 e. The summed E-state index contributed by atoms with van der Waals surface area (Å²) in [6.07, 6.45) is 1.53. The van der Waals surface area contributed by atoms with Crippen LogP contribution in [0.4, 0.5) is 9.18 Å². The zero-order valence-corrected chi connectivity index (χ0v) is 18.9. The molecule has 2 bridgehead atoms. The van der Waals surface area contributed by atoms with Crippen molar-refractivity contribution >= 4 is 46.8 Å². The fourth-order valence-corrected chi connectivity index (χ4v) is 5.50. The van der Waals surface area contributed by atoms with Crippen LogP contribution in [0.5, 0.6) is 5.75 Å². The minimum atomic E-state index is -0.611. The highest BCUT2D eigenvalue weighted by molar-refractivity contribution is 6.42. The van der Waals surface area contributed by atoms with Gasteiger partial charge in [-0.15, -0.1) is 0 Å². The number of nitrogens with zero attached hydrogens (tertiary/aromatic N) is 1. The molecule has 4 aliphatic rings. The molecule has 168 valence electrons. The molecule has 3 saturated carbocycles. The summed E-state index contributed by atoms with van der Waals surface area (Å²) in [6, 6.07) is 9.04. The first-order valence-electron chi connectivity index (χ1n) is 10.0. The molecule has 2 aromatic carbocycles. The van der Waals surface area contributed by atoms with E-state index >= 15 is 0 Å². The number of carbonyl (C=O) groups excluding carboxylic acids is 2. The zero-order valence-electron chi connectivity index (χ0n) is 16.7. The molecule has 0 unspecified atom stereocenters. The van der Waals surface area contributed by atoms with E-state index < -0.39 is 5.82 Å². The van der Waals surface area contributed by atoms with Crippen LogP contribution in [0, 0.1) is 5.82 Å². The molecule has 2 aromatic rings. The van der Waals surface area contributed by atoms with Gasteiger partial charge in [-0.1, -0.05) is 40.9 Å². The predicted octanol–water partition coefficient (Wildman–Crippen LogP) is 5.15. The van der Waals surface area contributed by atoms with E-state index in [0.29, 0.717) is 29.3 Å². The Bertz CT molecular complexity index is 1110. The second-order valence-electron chi connectivity index (χ2n) is 8.58. The molecule has 1 aliphatic heterocycles. The Balaban J connectivity index is 1.20. The van der Waals surface area contributed by atoms with Crippen LogP contribution in [0.3, 0.4) is 0 Å². The molecule has 1 N–H and O–H groups in total. The number of rotatable bonds is 6. The SMILES string of the molecule is O=C(COc1ccc(Cl)c(F)c1)NC12CC(N3C(=O)OC[C@@H]3c3ccc(Cl)c(Cl)c3)(C1)C2. The van der Waals surface area contributed by atoms with Crippen LogP contribution < -0.4 is 10.1 Å². The van der Waals surface area contributed by atoms with Crippen molar-refractivity contribution in [2.24, 2.45) is 0 Å². The standard InChI is InChI=1S/C22H18Cl3FN2O4/c23-14-3-1-12(5-16(14)25)18-7-32-20(30)28(18)22-9-21(10-22,11-22)27-19(29)8-31-13-2-4-15(24)17(26)6-13/h1-6,18H,7-11H2,(H,27,29)/t18-,21?,22?/m1/s1.